The number of rotatable bonds is 14. The maximum absolute atomic E-state index is 12.3. The summed E-state index contributed by atoms with van der Waals surface area (Å²) in [6.45, 7) is 3.91. The highest BCUT2D eigenvalue weighted by Gasteiger charge is 2.17. The van der Waals surface area contributed by atoms with Crippen molar-refractivity contribution in [3.8, 4) is 10.6 Å². The summed E-state index contributed by atoms with van der Waals surface area (Å²) in [6, 6.07) is 9.08. The highest BCUT2D eigenvalue weighted by Crippen LogP contribution is 2.25. The summed E-state index contributed by atoms with van der Waals surface area (Å²) in [5, 5.41) is 14.8. The van der Waals surface area contributed by atoms with Crippen molar-refractivity contribution in [2.45, 2.75) is 84.1 Å². The van der Waals surface area contributed by atoms with E-state index in [1.807, 2.05) is 30.3 Å². The van der Waals surface area contributed by atoms with Crippen LogP contribution < -0.4 is 10.6 Å². The van der Waals surface area contributed by atoms with Crippen molar-refractivity contribution >= 4 is 28.3 Å². The van der Waals surface area contributed by atoms with Crippen molar-refractivity contribution in [3.05, 3.63) is 30.3 Å². The molecule has 0 spiro atoms. The van der Waals surface area contributed by atoms with Crippen LogP contribution in [0.4, 0.5) is 5.13 Å². The molecule has 7 heteroatoms. The molecule has 2 rings (SSSR count). The molecule has 0 fully saturated rings. The van der Waals surface area contributed by atoms with Crippen molar-refractivity contribution in [1.29, 1.82) is 0 Å². The minimum Gasteiger partial charge on any atom is -0.345 e. The molecule has 2 amide bonds. The van der Waals surface area contributed by atoms with Gasteiger partial charge >= 0.3 is 0 Å². The molecule has 0 saturated heterocycles. The normalized spacial score (nSPS) is 11.8. The van der Waals surface area contributed by atoms with Gasteiger partial charge in [0.05, 0.1) is 0 Å². The third-order valence-electron chi connectivity index (χ3n) is 4.95. The van der Waals surface area contributed by atoms with Gasteiger partial charge in [-0.2, -0.15) is 0 Å². The maximum atomic E-state index is 12.3. The maximum Gasteiger partial charge on any atom is 0.248 e. The topological polar surface area (TPSA) is 84.0 Å². The van der Waals surface area contributed by atoms with Crippen LogP contribution in [0.3, 0.4) is 0 Å². The Labute approximate surface area is 183 Å². The summed E-state index contributed by atoms with van der Waals surface area (Å²) in [5.41, 5.74) is 0.956. The zero-order valence-electron chi connectivity index (χ0n) is 18.2. The van der Waals surface area contributed by atoms with Gasteiger partial charge in [0.15, 0.2) is 0 Å². The van der Waals surface area contributed by atoms with Crippen LogP contribution in [0.1, 0.15) is 78.1 Å². The third kappa shape index (κ3) is 9.03. The molecule has 164 valence electrons. The van der Waals surface area contributed by atoms with Crippen LogP contribution >= 0.6 is 11.3 Å². The van der Waals surface area contributed by atoms with Crippen LogP contribution in [0.25, 0.3) is 10.6 Å². The second-order valence-electron chi connectivity index (χ2n) is 7.64. The van der Waals surface area contributed by atoms with Crippen LogP contribution in [0, 0.1) is 0 Å². The Morgan fingerprint density at radius 1 is 0.933 bits per heavy atom. The predicted octanol–water partition coefficient (Wildman–Crippen LogP) is 5.57. The number of anilines is 1. The number of hydrogen-bond acceptors (Lipinski definition) is 5. The van der Waals surface area contributed by atoms with Gasteiger partial charge in [0.25, 0.3) is 0 Å². The largest absolute Gasteiger partial charge is 0.345 e. The average Bonchev–Trinajstić information content (AvgIpc) is 3.21. The lowest BCUT2D eigenvalue weighted by Gasteiger charge is -2.12. The molecule has 0 aliphatic carbocycles. The summed E-state index contributed by atoms with van der Waals surface area (Å²) < 4.78 is 0. The van der Waals surface area contributed by atoms with Crippen molar-refractivity contribution in [2.24, 2.45) is 0 Å². The smallest absolute Gasteiger partial charge is 0.248 e. The molecule has 0 bridgehead atoms. The van der Waals surface area contributed by atoms with E-state index in [4.69, 9.17) is 0 Å². The van der Waals surface area contributed by atoms with Gasteiger partial charge in [-0.1, -0.05) is 100.0 Å². The Kier molecular flexibility index (Phi) is 11.1. The predicted molar refractivity (Wildman–Crippen MR) is 123 cm³/mol. The Bertz CT molecular complexity index is 764. The second-order valence-corrected chi connectivity index (χ2v) is 8.61. The van der Waals surface area contributed by atoms with Crippen LogP contribution in [-0.2, 0) is 9.59 Å². The van der Waals surface area contributed by atoms with E-state index in [2.05, 4.69) is 27.8 Å². The van der Waals surface area contributed by atoms with E-state index in [9.17, 15) is 9.59 Å². The van der Waals surface area contributed by atoms with Gasteiger partial charge in [-0.3, -0.25) is 14.9 Å². The molecule has 6 nitrogen and oxygen atoms in total. The second kappa shape index (κ2) is 13.9. The van der Waals surface area contributed by atoms with E-state index in [0.717, 1.165) is 23.4 Å². The van der Waals surface area contributed by atoms with E-state index < -0.39 is 6.04 Å². The standard InChI is InChI=1S/C23H34N4O2S/c1-3-4-5-6-7-8-9-10-14-17-20(28)24-18(2)21(29)25-23-27-26-22(30-23)19-15-12-11-13-16-19/h11-13,15-16,18H,3-10,14,17H2,1-2H3,(H,24,28)(H,25,27,29)/t18-/m1/s1. The summed E-state index contributed by atoms with van der Waals surface area (Å²) >= 11 is 1.31. The molecule has 0 unspecified atom stereocenters. The number of hydrogen-bond donors (Lipinski definition) is 2. The molecule has 0 aliphatic heterocycles. The summed E-state index contributed by atoms with van der Waals surface area (Å²) in [7, 11) is 0. The molecule has 30 heavy (non-hydrogen) atoms. The zero-order valence-corrected chi connectivity index (χ0v) is 19.0. The lowest BCUT2D eigenvalue weighted by Crippen LogP contribution is -2.41. The van der Waals surface area contributed by atoms with E-state index in [-0.39, 0.29) is 11.8 Å². The number of carbonyl (C=O) groups is 2. The number of nitrogens with one attached hydrogen (secondary N) is 2. The SMILES string of the molecule is CCCCCCCCCCCC(=O)N[C@H](C)C(=O)Nc1nnc(-c2ccccc2)s1. The van der Waals surface area contributed by atoms with Crippen molar-refractivity contribution in [3.63, 3.8) is 0 Å². The van der Waals surface area contributed by atoms with E-state index in [0.29, 0.717) is 11.6 Å². The quantitative estimate of drug-likeness (QED) is 0.384. The van der Waals surface area contributed by atoms with Gasteiger partial charge in [0.1, 0.15) is 11.0 Å². The Balaban J connectivity index is 1.61. The van der Waals surface area contributed by atoms with Crippen LogP contribution in [-0.4, -0.2) is 28.1 Å². The summed E-state index contributed by atoms with van der Waals surface area (Å²) in [4.78, 5) is 24.4. The van der Waals surface area contributed by atoms with E-state index in [1.165, 1.54) is 56.3 Å². The molecular weight excluding hydrogens is 396 g/mol. The fourth-order valence-electron chi connectivity index (χ4n) is 3.16. The van der Waals surface area contributed by atoms with Gasteiger partial charge in [0.2, 0.25) is 16.9 Å². The first-order valence-electron chi connectivity index (χ1n) is 11.1. The van der Waals surface area contributed by atoms with Gasteiger partial charge < -0.3 is 5.32 Å². The molecule has 1 aromatic heterocycles. The lowest BCUT2D eigenvalue weighted by molar-refractivity contribution is -0.126. The minimum atomic E-state index is -0.611. The first-order chi connectivity index (χ1) is 14.6. The minimum absolute atomic E-state index is 0.0807. The van der Waals surface area contributed by atoms with Gasteiger partial charge in [-0.15, -0.1) is 10.2 Å². The van der Waals surface area contributed by atoms with E-state index >= 15 is 0 Å². The molecule has 2 aromatic rings. The monoisotopic (exact) mass is 430 g/mol. The number of nitrogens with zero attached hydrogens (tertiary/aromatic N) is 2. The van der Waals surface area contributed by atoms with Crippen LogP contribution in [0.2, 0.25) is 0 Å². The molecule has 1 atom stereocenters. The van der Waals surface area contributed by atoms with Crippen molar-refractivity contribution in [2.75, 3.05) is 5.32 Å². The molecule has 1 heterocycles. The number of carbonyl (C=O) groups excluding carboxylic acids is 2. The van der Waals surface area contributed by atoms with Crippen LogP contribution in [0.15, 0.2) is 30.3 Å². The fourth-order valence-corrected chi connectivity index (χ4v) is 3.91. The zero-order chi connectivity index (χ0) is 21.6. The van der Waals surface area contributed by atoms with Gasteiger partial charge in [-0.05, 0) is 13.3 Å². The van der Waals surface area contributed by atoms with Crippen LogP contribution in [0.5, 0.6) is 0 Å². The fraction of sp³-hybridized carbons (Fsp3) is 0.565. The number of unbranched alkanes of at least 4 members (excludes halogenated alkanes) is 8. The summed E-state index contributed by atoms with van der Waals surface area (Å²) in [6.07, 6.45) is 11.4. The first kappa shape index (κ1) is 24.0. The molecule has 0 aliphatic rings. The number of amides is 2. The van der Waals surface area contributed by atoms with Crippen molar-refractivity contribution in [1.82, 2.24) is 15.5 Å². The van der Waals surface area contributed by atoms with Crippen molar-refractivity contribution < 1.29 is 9.59 Å². The Hall–Kier alpha value is -2.28. The molecule has 0 saturated carbocycles. The van der Waals surface area contributed by atoms with Gasteiger partial charge in [0, 0.05) is 12.0 Å². The van der Waals surface area contributed by atoms with E-state index in [1.54, 1.807) is 6.92 Å². The Morgan fingerprint density at radius 2 is 1.57 bits per heavy atom. The Morgan fingerprint density at radius 3 is 2.23 bits per heavy atom. The number of benzene rings is 1. The third-order valence-corrected chi connectivity index (χ3v) is 5.84. The first-order valence-corrected chi connectivity index (χ1v) is 11.9. The highest BCUT2D eigenvalue weighted by molar-refractivity contribution is 7.18. The molecule has 2 N–H and O–H groups in total. The number of aromatic nitrogens is 2. The lowest BCUT2D eigenvalue weighted by atomic mass is 10.1. The molecule has 0 radical (unpaired) electrons. The molecular formula is C23H34N4O2S. The highest BCUT2D eigenvalue weighted by atomic mass is 32.1. The van der Waals surface area contributed by atoms with Gasteiger partial charge in [-0.25, -0.2) is 0 Å². The molecule has 1 aromatic carbocycles. The summed E-state index contributed by atoms with van der Waals surface area (Å²) in [5.74, 6) is -0.367. The average molecular weight is 431 g/mol.